The molecule has 1 heterocycles. The Morgan fingerprint density at radius 2 is 2.00 bits per heavy atom. The van der Waals surface area contributed by atoms with E-state index in [1.165, 1.54) is 5.56 Å². The minimum atomic E-state index is -0.386. The lowest BCUT2D eigenvalue weighted by Crippen LogP contribution is -2.49. The van der Waals surface area contributed by atoms with E-state index in [2.05, 4.69) is 27.3 Å². The molecule has 2 aromatic rings. The highest BCUT2D eigenvalue weighted by Crippen LogP contribution is 2.27. The number of para-hydroxylation sites is 1. The van der Waals surface area contributed by atoms with E-state index in [1.807, 2.05) is 62.2 Å². The molecule has 0 saturated heterocycles. The first-order valence-electron chi connectivity index (χ1n) is 9.52. The molecule has 2 aromatic carbocycles. The average molecular weight is 444 g/mol. The molecular formula is C22H26BrN3O2. The predicted octanol–water partition coefficient (Wildman–Crippen LogP) is 4.00. The number of halogens is 1. The van der Waals surface area contributed by atoms with Crippen LogP contribution >= 0.6 is 15.9 Å². The largest absolute Gasteiger partial charge is 0.325 e. The first-order chi connectivity index (χ1) is 13.4. The summed E-state index contributed by atoms with van der Waals surface area (Å²) in [5, 5.41) is 2.93. The van der Waals surface area contributed by atoms with Crippen LogP contribution in [-0.2, 0) is 16.0 Å². The molecular weight excluding hydrogens is 418 g/mol. The van der Waals surface area contributed by atoms with Gasteiger partial charge in [0.05, 0.1) is 12.6 Å². The predicted molar refractivity (Wildman–Crippen MR) is 117 cm³/mol. The van der Waals surface area contributed by atoms with Gasteiger partial charge < -0.3 is 10.2 Å². The van der Waals surface area contributed by atoms with E-state index in [0.29, 0.717) is 0 Å². The van der Waals surface area contributed by atoms with Crippen molar-refractivity contribution in [1.29, 1.82) is 0 Å². The van der Waals surface area contributed by atoms with Crippen LogP contribution in [-0.4, -0.2) is 42.9 Å². The van der Waals surface area contributed by atoms with Crippen molar-refractivity contribution in [3.8, 4) is 0 Å². The Bertz CT molecular complexity index is 884. The van der Waals surface area contributed by atoms with Crippen molar-refractivity contribution in [2.75, 3.05) is 30.4 Å². The number of aryl methyl sites for hydroxylation is 2. The van der Waals surface area contributed by atoms with Gasteiger partial charge in [0.1, 0.15) is 0 Å². The van der Waals surface area contributed by atoms with Crippen LogP contribution in [0, 0.1) is 6.92 Å². The highest BCUT2D eigenvalue weighted by molar-refractivity contribution is 9.10. The van der Waals surface area contributed by atoms with Crippen molar-refractivity contribution in [3.05, 3.63) is 58.1 Å². The summed E-state index contributed by atoms with van der Waals surface area (Å²) in [5.74, 6) is -0.103. The number of likely N-dealkylation sites (N-methyl/N-ethyl adjacent to an activating group) is 1. The fraction of sp³-hybridized carbons (Fsp3) is 0.364. The fourth-order valence-electron chi connectivity index (χ4n) is 3.50. The SMILES string of the molecule is Cc1cc(Br)ccc1NC(=O)CN(C)C(C)C(=O)N1CCCc2ccccc21. The van der Waals surface area contributed by atoms with Crippen LogP contribution in [0.2, 0.25) is 0 Å². The standard InChI is InChI=1S/C22H26BrN3O2/c1-15-13-18(23)10-11-19(15)24-21(27)14-25(3)16(2)22(28)26-12-6-8-17-7-4-5-9-20(17)26/h4-5,7,9-11,13,16H,6,8,12,14H2,1-3H3,(H,24,27). The molecule has 0 aliphatic carbocycles. The maximum atomic E-state index is 13.1. The zero-order valence-corrected chi connectivity index (χ0v) is 18.1. The highest BCUT2D eigenvalue weighted by atomic mass is 79.9. The Hall–Kier alpha value is -2.18. The summed E-state index contributed by atoms with van der Waals surface area (Å²) < 4.78 is 0.973. The lowest BCUT2D eigenvalue weighted by molar-refractivity contribution is -0.124. The number of benzene rings is 2. The van der Waals surface area contributed by atoms with Gasteiger partial charge in [-0.1, -0.05) is 34.1 Å². The van der Waals surface area contributed by atoms with E-state index in [9.17, 15) is 9.59 Å². The molecule has 3 rings (SSSR count). The average Bonchev–Trinajstić information content (AvgIpc) is 2.68. The molecule has 28 heavy (non-hydrogen) atoms. The van der Waals surface area contributed by atoms with Gasteiger partial charge in [-0.3, -0.25) is 14.5 Å². The number of hydrogen-bond donors (Lipinski definition) is 1. The van der Waals surface area contributed by atoms with Gasteiger partial charge in [0, 0.05) is 22.4 Å². The number of carbonyl (C=O) groups is 2. The molecule has 1 unspecified atom stereocenters. The van der Waals surface area contributed by atoms with Crippen molar-refractivity contribution in [3.63, 3.8) is 0 Å². The number of rotatable bonds is 5. The smallest absolute Gasteiger partial charge is 0.244 e. The summed E-state index contributed by atoms with van der Waals surface area (Å²) in [5.41, 5.74) is 3.97. The van der Waals surface area contributed by atoms with Gasteiger partial charge in [-0.05, 0) is 69.1 Å². The van der Waals surface area contributed by atoms with E-state index >= 15 is 0 Å². The fourth-order valence-corrected chi connectivity index (χ4v) is 3.97. The summed E-state index contributed by atoms with van der Waals surface area (Å²) in [7, 11) is 1.81. The maximum Gasteiger partial charge on any atom is 0.244 e. The minimum Gasteiger partial charge on any atom is -0.325 e. The van der Waals surface area contributed by atoms with Gasteiger partial charge in [0.25, 0.3) is 0 Å². The van der Waals surface area contributed by atoms with Gasteiger partial charge in [-0.15, -0.1) is 0 Å². The third kappa shape index (κ3) is 4.62. The number of carbonyl (C=O) groups excluding carboxylic acids is 2. The number of anilines is 2. The summed E-state index contributed by atoms with van der Waals surface area (Å²) in [4.78, 5) is 29.2. The van der Waals surface area contributed by atoms with Crippen molar-refractivity contribution in [1.82, 2.24) is 4.90 Å². The van der Waals surface area contributed by atoms with Crippen LogP contribution in [0.5, 0.6) is 0 Å². The zero-order chi connectivity index (χ0) is 20.3. The number of fused-ring (bicyclic) bond motifs is 1. The number of amides is 2. The number of hydrogen-bond acceptors (Lipinski definition) is 3. The Balaban J connectivity index is 1.63. The summed E-state index contributed by atoms with van der Waals surface area (Å²) in [6.45, 7) is 4.68. The third-order valence-electron chi connectivity index (χ3n) is 5.25. The second-order valence-corrected chi connectivity index (χ2v) is 8.24. The molecule has 1 N–H and O–H groups in total. The first kappa shape index (κ1) is 20.6. The third-order valence-corrected chi connectivity index (χ3v) is 5.74. The quantitative estimate of drug-likeness (QED) is 0.759. The Kier molecular flexibility index (Phi) is 6.52. The van der Waals surface area contributed by atoms with Crippen molar-refractivity contribution < 1.29 is 9.59 Å². The minimum absolute atomic E-state index is 0.0299. The molecule has 0 aromatic heterocycles. The second-order valence-electron chi connectivity index (χ2n) is 7.32. The monoisotopic (exact) mass is 443 g/mol. The summed E-state index contributed by atoms with van der Waals surface area (Å²) in [6.07, 6.45) is 1.96. The Morgan fingerprint density at radius 3 is 2.75 bits per heavy atom. The van der Waals surface area contributed by atoms with E-state index in [-0.39, 0.29) is 24.4 Å². The lowest BCUT2D eigenvalue weighted by Gasteiger charge is -2.34. The molecule has 5 nitrogen and oxygen atoms in total. The molecule has 1 atom stereocenters. The van der Waals surface area contributed by atoms with E-state index in [4.69, 9.17) is 0 Å². The molecule has 2 amide bonds. The van der Waals surface area contributed by atoms with Gasteiger partial charge in [0.2, 0.25) is 11.8 Å². The molecule has 0 fully saturated rings. The van der Waals surface area contributed by atoms with Gasteiger partial charge in [-0.2, -0.15) is 0 Å². The lowest BCUT2D eigenvalue weighted by atomic mass is 10.0. The van der Waals surface area contributed by atoms with Crippen LogP contribution < -0.4 is 10.2 Å². The molecule has 148 valence electrons. The molecule has 0 bridgehead atoms. The highest BCUT2D eigenvalue weighted by Gasteiger charge is 2.28. The van der Waals surface area contributed by atoms with Gasteiger partial charge in [-0.25, -0.2) is 0 Å². The molecule has 6 heteroatoms. The van der Waals surface area contributed by atoms with E-state index in [0.717, 1.165) is 40.8 Å². The van der Waals surface area contributed by atoms with Gasteiger partial charge in [0.15, 0.2) is 0 Å². The van der Waals surface area contributed by atoms with Crippen LogP contribution in [0.25, 0.3) is 0 Å². The van der Waals surface area contributed by atoms with E-state index < -0.39 is 0 Å². The molecule has 0 spiro atoms. The van der Waals surface area contributed by atoms with Crippen LogP contribution in [0.3, 0.4) is 0 Å². The van der Waals surface area contributed by atoms with Crippen LogP contribution in [0.4, 0.5) is 11.4 Å². The Morgan fingerprint density at radius 1 is 1.25 bits per heavy atom. The normalized spacial score (nSPS) is 14.5. The van der Waals surface area contributed by atoms with Crippen LogP contribution in [0.1, 0.15) is 24.5 Å². The number of nitrogens with one attached hydrogen (secondary N) is 1. The van der Waals surface area contributed by atoms with E-state index in [1.54, 1.807) is 4.90 Å². The maximum absolute atomic E-state index is 13.1. The summed E-state index contributed by atoms with van der Waals surface area (Å²) >= 11 is 3.42. The second kappa shape index (κ2) is 8.88. The number of nitrogens with zero attached hydrogens (tertiary/aromatic N) is 2. The zero-order valence-electron chi connectivity index (χ0n) is 16.5. The Labute approximate surface area is 174 Å². The molecule has 0 radical (unpaired) electrons. The topological polar surface area (TPSA) is 52.7 Å². The van der Waals surface area contributed by atoms with Crippen molar-refractivity contribution in [2.24, 2.45) is 0 Å². The van der Waals surface area contributed by atoms with Crippen molar-refractivity contribution >= 4 is 39.1 Å². The van der Waals surface area contributed by atoms with Gasteiger partial charge >= 0.3 is 0 Å². The van der Waals surface area contributed by atoms with Crippen molar-refractivity contribution in [2.45, 2.75) is 32.7 Å². The first-order valence-corrected chi connectivity index (χ1v) is 10.3. The molecule has 1 aliphatic heterocycles. The molecule has 0 saturated carbocycles. The van der Waals surface area contributed by atoms with Crippen LogP contribution in [0.15, 0.2) is 46.9 Å². The summed E-state index contributed by atoms with van der Waals surface area (Å²) in [6, 6.07) is 13.4. The molecule has 1 aliphatic rings.